The number of halogens is 1. The summed E-state index contributed by atoms with van der Waals surface area (Å²) < 4.78 is 40.2. The molecule has 1 aliphatic carbocycles. The van der Waals surface area contributed by atoms with E-state index in [9.17, 15) is 17.9 Å². The highest BCUT2D eigenvalue weighted by Gasteiger charge is 2.34. The number of hydrogen-bond donors (Lipinski definition) is 2. The Labute approximate surface area is 155 Å². The second kappa shape index (κ2) is 8.73. The van der Waals surface area contributed by atoms with Gasteiger partial charge >= 0.3 is 0 Å². The molecular formula is C18H30FN3O3S. The number of nitrogens with one attached hydrogen (secondary N) is 1. The van der Waals surface area contributed by atoms with Gasteiger partial charge in [-0.05, 0) is 32.8 Å². The van der Waals surface area contributed by atoms with Gasteiger partial charge in [-0.15, -0.1) is 0 Å². The Morgan fingerprint density at radius 1 is 1.35 bits per heavy atom. The third-order valence-electron chi connectivity index (χ3n) is 4.91. The van der Waals surface area contributed by atoms with Gasteiger partial charge in [0.2, 0.25) is 10.0 Å². The molecule has 1 heterocycles. The van der Waals surface area contributed by atoms with E-state index < -0.39 is 27.5 Å². The van der Waals surface area contributed by atoms with Crippen molar-refractivity contribution < 1.29 is 17.9 Å². The number of aliphatic hydroxyl groups is 1. The van der Waals surface area contributed by atoms with Crippen molar-refractivity contribution in [2.45, 2.75) is 62.8 Å². The molecule has 0 bridgehead atoms. The summed E-state index contributed by atoms with van der Waals surface area (Å²) >= 11 is 0. The van der Waals surface area contributed by atoms with Gasteiger partial charge in [0.15, 0.2) is 0 Å². The van der Waals surface area contributed by atoms with Gasteiger partial charge in [-0.25, -0.2) is 17.1 Å². The molecule has 1 saturated carbocycles. The third-order valence-corrected chi connectivity index (χ3v) is 7.22. The lowest BCUT2D eigenvalue weighted by atomic mass is 10.0. The summed E-state index contributed by atoms with van der Waals surface area (Å²) in [6.07, 6.45) is 6.08. The highest BCUT2D eigenvalue weighted by molar-refractivity contribution is 7.89. The minimum absolute atomic E-state index is 0.176. The fourth-order valence-electron chi connectivity index (χ4n) is 3.42. The molecule has 0 amide bonds. The van der Waals surface area contributed by atoms with Gasteiger partial charge in [0.1, 0.15) is 5.82 Å². The van der Waals surface area contributed by atoms with Crippen LogP contribution >= 0.6 is 0 Å². The van der Waals surface area contributed by atoms with Crippen LogP contribution in [0.25, 0.3) is 0 Å². The first kappa shape index (κ1) is 21.2. The van der Waals surface area contributed by atoms with E-state index in [0.29, 0.717) is 12.1 Å². The number of aromatic nitrogens is 1. The van der Waals surface area contributed by atoms with Crippen molar-refractivity contribution in [1.82, 2.24) is 14.6 Å². The smallest absolute Gasteiger partial charge is 0.216 e. The Kier molecular flexibility index (Phi) is 7.12. The van der Waals surface area contributed by atoms with E-state index >= 15 is 0 Å². The number of nitrogens with zero attached hydrogens (tertiary/aromatic N) is 2. The summed E-state index contributed by atoms with van der Waals surface area (Å²) in [5.74, 6) is -0.501. The SMILES string of the molecule is CN(CC(C)(C)NC[C@H](O)c1cncc(F)c1)S(=O)(=O)C1CCCCC1. The molecule has 0 aromatic carbocycles. The van der Waals surface area contributed by atoms with Crippen molar-refractivity contribution in [3.63, 3.8) is 0 Å². The van der Waals surface area contributed by atoms with Crippen LogP contribution in [0.1, 0.15) is 57.6 Å². The van der Waals surface area contributed by atoms with Crippen molar-refractivity contribution in [3.05, 3.63) is 29.8 Å². The maximum absolute atomic E-state index is 13.2. The summed E-state index contributed by atoms with van der Waals surface area (Å²) in [4.78, 5) is 3.73. The van der Waals surface area contributed by atoms with Crippen molar-refractivity contribution >= 4 is 10.0 Å². The summed E-state index contributed by atoms with van der Waals surface area (Å²) in [6.45, 7) is 4.24. The molecule has 1 fully saturated rings. The van der Waals surface area contributed by atoms with Crippen LogP contribution in [0.3, 0.4) is 0 Å². The van der Waals surface area contributed by atoms with Crippen LogP contribution in [0, 0.1) is 5.82 Å². The zero-order chi connectivity index (χ0) is 19.4. The van der Waals surface area contributed by atoms with Gasteiger partial charge in [0, 0.05) is 37.4 Å². The quantitative estimate of drug-likeness (QED) is 0.715. The van der Waals surface area contributed by atoms with E-state index in [2.05, 4.69) is 10.3 Å². The molecule has 0 unspecified atom stereocenters. The predicted molar refractivity (Wildman–Crippen MR) is 99.7 cm³/mol. The second-order valence-corrected chi connectivity index (χ2v) is 10.1. The molecule has 1 aromatic heterocycles. The first-order valence-corrected chi connectivity index (χ1v) is 10.6. The minimum atomic E-state index is -3.32. The third kappa shape index (κ3) is 5.70. The standard InChI is InChI=1S/C18H30FN3O3S/c1-18(2,21-12-17(23)14-9-15(19)11-20-10-14)13-22(3)26(24,25)16-7-5-4-6-8-16/h9-11,16-17,21,23H,4-8,12-13H2,1-3H3/t17-/m0/s1. The van der Waals surface area contributed by atoms with E-state index in [1.807, 2.05) is 13.8 Å². The largest absolute Gasteiger partial charge is 0.387 e. The highest BCUT2D eigenvalue weighted by Crippen LogP contribution is 2.26. The zero-order valence-corrected chi connectivity index (χ0v) is 16.6. The number of pyridine rings is 1. The molecule has 0 spiro atoms. The number of likely N-dealkylation sites (N-methyl/N-ethyl adjacent to an activating group) is 1. The summed E-state index contributed by atoms with van der Waals surface area (Å²) in [6, 6.07) is 1.24. The first-order chi connectivity index (χ1) is 12.1. The average molecular weight is 388 g/mol. The summed E-state index contributed by atoms with van der Waals surface area (Å²) in [5.41, 5.74) is -0.158. The second-order valence-electron chi connectivity index (χ2n) is 7.78. The Morgan fingerprint density at radius 3 is 2.62 bits per heavy atom. The lowest BCUT2D eigenvalue weighted by Crippen LogP contribution is -2.52. The van der Waals surface area contributed by atoms with Crippen LogP contribution in [-0.4, -0.2) is 53.7 Å². The van der Waals surface area contributed by atoms with Crippen molar-refractivity contribution in [1.29, 1.82) is 0 Å². The summed E-state index contributed by atoms with van der Waals surface area (Å²) in [5, 5.41) is 13.1. The van der Waals surface area contributed by atoms with Gasteiger partial charge in [-0.1, -0.05) is 19.3 Å². The molecule has 0 aliphatic heterocycles. The van der Waals surface area contributed by atoms with E-state index in [-0.39, 0.29) is 11.8 Å². The van der Waals surface area contributed by atoms with E-state index in [1.54, 1.807) is 7.05 Å². The Morgan fingerprint density at radius 2 is 2.00 bits per heavy atom. The van der Waals surface area contributed by atoms with Crippen molar-refractivity contribution in [2.24, 2.45) is 0 Å². The highest BCUT2D eigenvalue weighted by atomic mass is 32.2. The van der Waals surface area contributed by atoms with E-state index in [1.165, 1.54) is 16.6 Å². The number of hydrogen-bond acceptors (Lipinski definition) is 5. The maximum Gasteiger partial charge on any atom is 0.216 e. The normalized spacial score (nSPS) is 18.2. The van der Waals surface area contributed by atoms with Crippen LogP contribution in [-0.2, 0) is 10.0 Å². The van der Waals surface area contributed by atoms with Gasteiger partial charge in [0.25, 0.3) is 0 Å². The molecule has 8 heteroatoms. The molecule has 0 radical (unpaired) electrons. The Bertz CT molecular complexity index is 691. The number of sulfonamides is 1. The molecular weight excluding hydrogens is 357 g/mol. The van der Waals surface area contributed by atoms with Gasteiger partial charge in [0.05, 0.1) is 17.6 Å². The zero-order valence-electron chi connectivity index (χ0n) is 15.8. The van der Waals surface area contributed by atoms with Crippen molar-refractivity contribution in [2.75, 3.05) is 20.1 Å². The molecule has 148 valence electrons. The molecule has 1 aliphatic rings. The minimum Gasteiger partial charge on any atom is -0.387 e. The lowest BCUT2D eigenvalue weighted by molar-refractivity contribution is 0.156. The monoisotopic (exact) mass is 387 g/mol. The summed E-state index contributed by atoms with van der Waals surface area (Å²) in [7, 11) is -1.71. The number of rotatable bonds is 8. The van der Waals surface area contributed by atoms with Crippen LogP contribution < -0.4 is 5.32 Å². The van der Waals surface area contributed by atoms with Crippen LogP contribution in [0.15, 0.2) is 18.5 Å². The first-order valence-electron chi connectivity index (χ1n) is 9.10. The molecule has 0 saturated heterocycles. The van der Waals surface area contributed by atoms with Crippen LogP contribution in [0.5, 0.6) is 0 Å². The topological polar surface area (TPSA) is 82.5 Å². The lowest BCUT2D eigenvalue weighted by Gasteiger charge is -2.34. The number of aliphatic hydroxyl groups excluding tert-OH is 1. The molecule has 1 atom stereocenters. The van der Waals surface area contributed by atoms with Crippen molar-refractivity contribution in [3.8, 4) is 0 Å². The van der Waals surface area contributed by atoms with Crippen LogP contribution in [0.4, 0.5) is 4.39 Å². The molecule has 6 nitrogen and oxygen atoms in total. The molecule has 26 heavy (non-hydrogen) atoms. The fourth-order valence-corrected chi connectivity index (χ4v) is 5.36. The molecule has 1 aromatic rings. The predicted octanol–water partition coefficient (Wildman–Crippen LogP) is 2.22. The Balaban J connectivity index is 1.92. The van der Waals surface area contributed by atoms with E-state index in [0.717, 1.165) is 38.3 Å². The molecule has 2 N–H and O–H groups in total. The van der Waals surface area contributed by atoms with Gasteiger partial charge in [-0.2, -0.15) is 0 Å². The number of β-amino-alcohol motifs (C(OH)–C–C–N with tert-alkyl or cyclic N) is 1. The average Bonchev–Trinajstić information content (AvgIpc) is 2.60. The van der Waals surface area contributed by atoms with Gasteiger partial charge < -0.3 is 10.4 Å². The van der Waals surface area contributed by atoms with Gasteiger partial charge in [-0.3, -0.25) is 4.98 Å². The molecule has 2 rings (SSSR count). The maximum atomic E-state index is 13.2. The van der Waals surface area contributed by atoms with E-state index in [4.69, 9.17) is 0 Å². The van der Waals surface area contributed by atoms with Crippen LogP contribution in [0.2, 0.25) is 0 Å². The fraction of sp³-hybridized carbons (Fsp3) is 0.722. The Hall–Kier alpha value is -1.09.